The number of hydrogen-bond acceptors (Lipinski definition) is 6. The van der Waals surface area contributed by atoms with E-state index in [0.29, 0.717) is 4.90 Å². The molecule has 1 aliphatic carbocycles. The number of halogens is 2. The Balaban J connectivity index is 1.52. The number of para-hydroxylation sites is 1. The number of fused-ring (bicyclic) bond motifs is 3. The van der Waals surface area contributed by atoms with Crippen LogP contribution in [0, 0.1) is 26.1 Å². The smallest absolute Gasteiger partial charge is 0.282 e. The highest BCUT2D eigenvalue weighted by molar-refractivity contribution is 9.10. The summed E-state index contributed by atoms with van der Waals surface area (Å²) in [5.74, 6) is 0.141. The molecule has 1 saturated carbocycles. The van der Waals surface area contributed by atoms with Crippen LogP contribution in [0.3, 0.4) is 0 Å². The molecule has 3 aromatic carbocycles. The van der Waals surface area contributed by atoms with Crippen molar-refractivity contribution in [3.63, 3.8) is 0 Å². The molecule has 2 aliphatic rings. The standard InChI is InChI=1S/C24H19BrClN3O4S/c25-14-7-10-18-16(11-14)22-17(24(27-18)13-5-8-15(9-6-13)28(30)31)12-21(23(22)26)34-20-4-2-1-3-19(20)29(32)33/h1-11,17,21-24,27H,12H2/t17-,21-,22+,23-,24+/m1/s1. The quantitative estimate of drug-likeness (QED) is 0.200. The van der Waals surface area contributed by atoms with Gasteiger partial charge in [-0.15, -0.1) is 23.4 Å². The van der Waals surface area contributed by atoms with Gasteiger partial charge in [-0.3, -0.25) is 20.2 Å². The molecule has 0 amide bonds. The molecule has 0 radical (unpaired) electrons. The molecule has 174 valence electrons. The third-order valence-corrected chi connectivity index (χ3v) is 9.19. The van der Waals surface area contributed by atoms with E-state index in [-0.39, 0.29) is 44.8 Å². The van der Waals surface area contributed by atoms with Crippen LogP contribution in [0.2, 0.25) is 0 Å². The molecule has 1 aliphatic heterocycles. The number of alkyl halides is 1. The lowest BCUT2D eigenvalue weighted by atomic mass is 9.77. The average Bonchev–Trinajstić information content (AvgIpc) is 3.15. The van der Waals surface area contributed by atoms with Gasteiger partial charge < -0.3 is 5.32 Å². The maximum Gasteiger partial charge on any atom is 0.282 e. The summed E-state index contributed by atoms with van der Waals surface area (Å²) in [7, 11) is 0. The summed E-state index contributed by atoms with van der Waals surface area (Å²) in [6.45, 7) is 0. The molecule has 1 N–H and O–H groups in total. The molecular weight excluding hydrogens is 542 g/mol. The van der Waals surface area contributed by atoms with Gasteiger partial charge >= 0.3 is 0 Å². The molecular formula is C24H19BrClN3O4S. The number of anilines is 1. The fourth-order valence-corrected chi connectivity index (χ4v) is 7.41. The molecule has 3 aromatic rings. The topological polar surface area (TPSA) is 98.3 Å². The van der Waals surface area contributed by atoms with Crippen molar-refractivity contribution in [1.82, 2.24) is 0 Å². The van der Waals surface area contributed by atoms with Crippen molar-refractivity contribution in [3.05, 3.63) is 103 Å². The van der Waals surface area contributed by atoms with Crippen LogP contribution in [0.4, 0.5) is 17.1 Å². The summed E-state index contributed by atoms with van der Waals surface area (Å²) in [6, 6.07) is 19.4. The Morgan fingerprint density at radius 1 is 1.00 bits per heavy atom. The van der Waals surface area contributed by atoms with E-state index in [1.165, 1.54) is 30.0 Å². The minimum Gasteiger partial charge on any atom is -0.378 e. The van der Waals surface area contributed by atoms with Crippen molar-refractivity contribution < 1.29 is 9.85 Å². The first kappa shape index (κ1) is 23.1. The summed E-state index contributed by atoms with van der Waals surface area (Å²) in [4.78, 5) is 22.5. The molecule has 10 heteroatoms. The lowest BCUT2D eigenvalue weighted by Gasteiger charge is -2.38. The summed E-state index contributed by atoms with van der Waals surface area (Å²) < 4.78 is 0.958. The molecule has 1 fully saturated rings. The minimum atomic E-state index is -0.405. The van der Waals surface area contributed by atoms with Crippen LogP contribution in [0.1, 0.15) is 29.5 Å². The van der Waals surface area contributed by atoms with Crippen LogP contribution >= 0.6 is 39.3 Å². The predicted molar refractivity (Wildman–Crippen MR) is 137 cm³/mol. The second kappa shape index (κ2) is 9.20. The Kier molecular flexibility index (Phi) is 6.26. The first-order chi connectivity index (χ1) is 16.3. The number of nitro benzene ring substituents is 2. The van der Waals surface area contributed by atoms with Crippen LogP contribution < -0.4 is 5.32 Å². The van der Waals surface area contributed by atoms with Gasteiger partial charge in [0.1, 0.15) is 0 Å². The number of nitro groups is 2. The van der Waals surface area contributed by atoms with E-state index in [1.54, 1.807) is 30.3 Å². The molecule has 5 atom stereocenters. The Morgan fingerprint density at radius 2 is 1.74 bits per heavy atom. The molecule has 0 unspecified atom stereocenters. The second-order valence-corrected chi connectivity index (χ2v) is 11.2. The van der Waals surface area contributed by atoms with Crippen LogP contribution in [-0.4, -0.2) is 20.5 Å². The summed E-state index contributed by atoms with van der Waals surface area (Å²) in [5, 5.41) is 26.0. The van der Waals surface area contributed by atoms with Gasteiger partial charge in [0.05, 0.1) is 26.2 Å². The molecule has 0 spiro atoms. The third kappa shape index (κ3) is 4.16. The van der Waals surface area contributed by atoms with E-state index >= 15 is 0 Å². The zero-order valence-corrected chi connectivity index (χ0v) is 20.8. The number of hydrogen-bond donors (Lipinski definition) is 1. The van der Waals surface area contributed by atoms with E-state index in [1.807, 2.05) is 12.1 Å². The van der Waals surface area contributed by atoms with E-state index in [2.05, 4.69) is 27.3 Å². The first-order valence-electron chi connectivity index (χ1n) is 10.7. The number of nitrogens with zero attached hydrogens (tertiary/aromatic N) is 2. The Morgan fingerprint density at radius 3 is 2.44 bits per heavy atom. The third-order valence-electron chi connectivity index (χ3n) is 6.58. The lowest BCUT2D eigenvalue weighted by Crippen LogP contribution is -2.31. The van der Waals surface area contributed by atoms with E-state index < -0.39 is 4.92 Å². The van der Waals surface area contributed by atoms with Gasteiger partial charge in [-0.05, 0) is 47.7 Å². The minimum absolute atomic E-state index is 0.0240. The summed E-state index contributed by atoms with van der Waals surface area (Å²) in [6.07, 6.45) is 0.746. The van der Waals surface area contributed by atoms with Gasteiger partial charge in [0, 0.05) is 39.5 Å². The van der Waals surface area contributed by atoms with Crippen molar-refractivity contribution in [2.75, 3.05) is 5.32 Å². The normalized spacial score (nSPS) is 25.2. The van der Waals surface area contributed by atoms with Crippen LogP contribution in [-0.2, 0) is 0 Å². The molecule has 1 heterocycles. The monoisotopic (exact) mass is 559 g/mol. The molecule has 0 bridgehead atoms. The molecule has 0 aromatic heterocycles. The maximum absolute atomic E-state index is 11.5. The molecule has 5 rings (SSSR count). The number of rotatable bonds is 5. The van der Waals surface area contributed by atoms with Crippen molar-refractivity contribution in [1.29, 1.82) is 0 Å². The van der Waals surface area contributed by atoms with Gasteiger partial charge in [0.15, 0.2) is 0 Å². The van der Waals surface area contributed by atoms with Crippen molar-refractivity contribution in [2.24, 2.45) is 5.92 Å². The van der Waals surface area contributed by atoms with Crippen LogP contribution in [0.5, 0.6) is 0 Å². The van der Waals surface area contributed by atoms with Crippen LogP contribution in [0.25, 0.3) is 0 Å². The Hall–Kier alpha value is -2.62. The number of thioether (sulfide) groups is 1. The Labute approximate surface area is 213 Å². The van der Waals surface area contributed by atoms with Crippen molar-refractivity contribution in [2.45, 2.75) is 33.9 Å². The van der Waals surface area contributed by atoms with E-state index in [9.17, 15) is 20.2 Å². The predicted octanol–water partition coefficient (Wildman–Crippen LogP) is 7.30. The van der Waals surface area contributed by atoms with Crippen molar-refractivity contribution >= 4 is 56.4 Å². The second-order valence-electron chi connectivity index (χ2n) is 8.45. The highest BCUT2D eigenvalue weighted by Gasteiger charge is 2.50. The fourth-order valence-electron chi connectivity index (χ4n) is 5.09. The number of benzene rings is 3. The van der Waals surface area contributed by atoms with E-state index in [4.69, 9.17) is 11.6 Å². The SMILES string of the molecule is O=[N+]([O-])c1ccc([C@@H]2Nc3ccc(Br)cc3[C@@H]3[C@H](Cl)[C@H](Sc4ccccc4[N+](=O)[O-])C[C@H]32)cc1. The van der Waals surface area contributed by atoms with Crippen LogP contribution in [0.15, 0.2) is 76.1 Å². The zero-order chi connectivity index (χ0) is 24.0. The summed E-state index contributed by atoms with van der Waals surface area (Å²) in [5.41, 5.74) is 3.18. The first-order valence-corrected chi connectivity index (χ1v) is 12.8. The molecule has 34 heavy (non-hydrogen) atoms. The average molecular weight is 561 g/mol. The van der Waals surface area contributed by atoms with Crippen molar-refractivity contribution in [3.8, 4) is 0 Å². The van der Waals surface area contributed by atoms with Gasteiger partial charge in [0.25, 0.3) is 11.4 Å². The van der Waals surface area contributed by atoms with Gasteiger partial charge in [-0.1, -0.05) is 40.2 Å². The fraction of sp³-hybridized carbons (Fsp3) is 0.250. The largest absolute Gasteiger partial charge is 0.378 e. The van der Waals surface area contributed by atoms with Gasteiger partial charge in [0.2, 0.25) is 0 Å². The number of nitrogens with one attached hydrogen (secondary N) is 1. The van der Waals surface area contributed by atoms with Gasteiger partial charge in [-0.2, -0.15) is 0 Å². The number of non-ortho nitro benzene ring substituents is 1. The Bertz CT molecular complexity index is 1280. The van der Waals surface area contributed by atoms with Gasteiger partial charge in [-0.25, -0.2) is 0 Å². The zero-order valence-electron chi connectivity index (χ0n) is 17.6. The summed E-state index contributed by atoms with van der Waals surface area (Å²) >= 11 is 12.1. The molecule has 7 nitrogen and oxygen atoms in total. The molecule has 0 saturated heterocycles. The maximum atomic E-state index is 11.5. The van der Waals surface area contributed by atoms with E-state index in [0.717, 1.165) is 27.7 Å². The lowest BCUT2D eigenvalue weighted by molar-refractivity contribution is -0.387. The highest BCUT2D eigenvalue weighted by atomic mass is 79.9. The highest BCUT2D eigenvalue weighted by Crippen LogP contribution is 2.58.